The molecular weight excluding hydrogens is 380 g/mol. The Bertz CT molecular complexity index is 743. The van der Waals surface area contributed by atoms with Gasteiger partial charge in [0.05, 0.1) is 12.0 Å². The van der Waals surface area contributed by atoms with E-state index in [1.54, 1.807) is 12.1 Å². The van der Waals surface area contributed by atoms with Crippen LogP contribution >= 0.6 is 0 Å². The van der Waals surface area contributed by atoms with Crippen molar-refractivity contribution < 1.29 is 34.8 Å². The van der Waals surface area contributed by atoms with Gasteiger partial charge in [0.1, 0.15) is 24.1 Å². The van der Waals surface area contributed by atoms with E-state index in [9.17, 15) is 30.0 Å². The Balaban J connectivity index is 1.66. The molecule has 0 radical (unpaired) electrons. The summed E-state index contributed by atoms with van der Waals surface area (Å²) in [6.07, 6.45) is -3.20. The van der Waals surface area contributed by atoms with Crippen LogP contribution in [0.3, 0.4) is 0 Å². The quantitative estimate of drug-likeness (QED) is 0.398. The summed E-state index contributed by atoms with van der Waals surface area (Å²) in [4.78, 5) is 25.4. The summed E-state index contributed by atoms with van der Waals surface area (Å²) >= 11 is 0. The number of hydrogen-bond acceptors (Lipinski definition) is 7. The van der Waals surface area contributed by atoms with Crippen molar-refractivity contribution in [3.8, 4) is 5.75 Å². The first-order valence-electron chi connectivity index (χ1n) is 9.88. The van der Waals surface area contributed by atoms with Gasteiger partial charge in [-0.05, 0) is 38.0 Å². The highest BCUT2D eigenvalue weighted by Gasteiger charge is 2.43. The molecule has 2 fully saturated rings. The molecular formula is C20H28N2O7. The topological polar surface area (TPSA) is 148 Å². The third-order valence-corrected chi connectivity index (χ3v) is 5.66. The molecule has 2 aliphatic rings. The van der Waals surface area contributed by atoms with Gasteiger partial charge in [0.25, 0.3) is 5.91 Å². The van der Waals surface area contributed by atoms with Crippen molar-refractivity contribution in [1.29, 1.82) is 0 Å². The third-order valence-electron chi connectivity index (χ3n) is 5.66. The summed E-state index contributed by atoms with van der Waals surface area (Å²) < 4.78 is 5.43. The monoisotopic (exact) mass is 408 g/mol. The fourth-order valence-electron chi connectivity index (χ4n) is 3.93. The number of aromatic hydroxyl groups is 1. The van der Waals surface area contributed by atoms with Gasteiger partial charge in [-0.15, -0.1) is 0 Å². The van der Waals surface area contributed by atoms with E-state index in [0.29, 0.717) is 18.4 Å². The first-order chi connectivity index (χ1) is 13.8. The maximum Gasteiger partial charge on any atom is 0.251 e. The van der Waals surface area contributed by atoms with Crippen molar-refractivity contribution in [2.24, 2.45) is 5.92 Å². The van der Waals surface area contributed by atoms with Crippen molar-refractivity contribution in [2.45, 2.75) is 69.3 Å². The summed E-state index contributed by atoms with van der Waals surface area (Å²) in [7, 11) is 0. The molecule has 6 N–H and O–H groups in total. The van der Waals surface area contributed by atoms with Crippen LogP contribution in [-0.4, -0.2) is 68.9 Å². The Morgan fingerprint density at radius 3 is 2.48 bits per heavy atom. The van der Waals surface area contributed by atoms with Crippen molar-refractivity contribution in [3.63, 3.8) is 0 Å². The minimum Gasteiger partial charge on any atom is -0.508 e. The van der Waals surface area contributed by atoms with Crippen LogP contribution in [0.25, 0.3) is 0 Å². The van der Waals surface area contributed by atoms with Crippen LogP contribution in [0.15, 0.2) is 24.3 Å². The Morgan fingerprint density at radius 1 is 1.03 bits per heavy atom. The Labute approximate surface area is 168 Å². The normalized spacial score (nSPS) is 35.0. The summed E-state index contributed by atoms with van der Waals surface area (Å²) in [5.41, 5.74) is 0.298. The third kappa shape index (κ3) is 4.87. The van der Waals surface area contributed by atoms with Gasteiger partial charge in [0.15, 0.2) is 6.23 Å². The average molecular weight is 408 g/mol. The van der Waals surface area contributed by atoms with E-state index in [-0.39, 0.29) is 11.7 Å². The second-order valence-corrected chi connectivity index (χ2v) is 7.76. The smallest absolute Gasteiger partial charge is 0.251 e. The van der Waals surface area contributed by atoms with E-state index in [0.717, 1.165) is 12.8 Å². The number of aliphatic hydroxyl groups is 3. The van der Waals surface area contributed by atoms with Crippen molar-refractivity contribution in [3.05, 3.63) is 29.8 Å². The standard InChI is InChI=1S/C20H28N2O7/c1-10-15(24)16(25)17(26)20(29-10)22-19(28)13-7-2-3-8-14(13)21-18(27)11-5-4-6-12(23)9-11/h4-6,9-10,13-17,20,23-26H,2-3,7-8H2,1H3,(H,21,27)(H,22,28)/t10-,13+,14-,15+,16+,17-,20+/m0/s1. The van der Waals surface area contributed by atoms with Crippen LogP contribution in [0.2, 0.25) is 0 Å². The van der Waals surface area contributed by atoms with Crippen LogP contribution in [-0.2, 0) is 9.53 Å². The van der Waals surface area contributed by atoms with Crippen molar-refractivity contribution >= 4 is 11.8 Å². The predicted molar refractivity (Wildman–Crippen MR) is 102 cm³/mol. The first kappa shape index (κ1) is 21.5. The molecule has 29 heavy (non-hydrogen) atoms. The molecule has 7 atom stereocenters. The number of phenols is 1. The molecule has 0 unspecified atom stereocenters. The maximum absolute atomic E-state index is 12.9. The van der Waals surface area contributed by atoms with Gasteiger partial charge in [-0.3, -0.25) is 9.59 Å². The first-order valence-corrected chi connectivity index (χ1v) is 9.88. The molecule has 1 heterocycles. The molecule has 2 amide bonds. The zero-order valence-electron chi connectivity index (χ0n) is 16.2. The number of hydrogen-bond donors (Lipinski definition) is 6. The molecule has 1 aliphatic heterocycles. The molecule has 9 heteroatoms. The highest BCUT2D eigenvalue weighted by atomic mass is 16.5. The number of aliphatic hydroxyl groups excluding tert-OH is 3. The molecule has 0 spiro atoms. The Hall–Kier alpha value is -2.20. The molecule has 1 saturated heterocycles. The molecule has 3 rings (SSSR count). The van der Waals surface area contributed by atoms with Crippen LogP contribution < -0.4 is 10.6 Å². The van der Waals surface area contributed by atoms with E-state index < -0.39 is 48.5 Å². The predicted octanol–water partition coefficient (Wildman–Crippen LogP) is -0.376. The molecule has 9 nitrogen and oxygen atoms in total. The Morgan fingerprint density at radius 2 is 1.76 bits per heavy atom. The lowest BCUT2D eigenvalue weighted by Gasteiger charge is -2.40. The molecule has 160 valence electrons. The van der Waals surface area contributed by atoms with Crippen LogP contribution in [0.1, 0.15) is 43.0 Å². The highest BCUT2D eigenvalue weighted by Crippen LogP contribution is 2.27. The fraction of sp³-hybridized carbons (Fsp3) is 0.600. The summed E-state index contributed by atoms with van der Waals surface area (Å²) in [5, 5.41) is 44.8. The van der Waals surface area contributed by atoms with Gasteiger partial charge in [-0.25, -0.2) is 0 Å². The van der Waals surface area contributed by atoms with E-state index in [1.807, 2.05) is 0 Å². The zero-order valence-corrected chi connectivity index (χ0v) is 16.2. The van der Waals surface area contributed by atoms with Crippen LogP contribution in [0.4, 0.5) is 0 Å². The largest absolute Gasteiger partial charge is 0.508 e. The molecule has 0 aromatic heterocycles. The second kappa shape index (κ2) is 9.08. The summed E-state index contributed by atoms with van der Waals surface area (Å²) in [6.45, 7) is 1.54. The van der Waals surface area contributed by atoms with E-state index >= 15 is 0 Å². The van der Waals surface area contributed by atoms with E-state index in [4.69, 9.17) is 4.74 Å². The summed E-state index contributed by atoms with van der Waals surface area (Å²) in [5.74, 6) is -1.33. The molecule has 1 aromatic rings. The fourth-order valence-corrected chi connectivity index (χ4v) is 3.93. The average Bonchev–Trinajstić information content (AvgIpc) is 2.70. The van der Waals surface area contributed by atoms with Crippen LogP contribution in [0.5, 0.6) is 5.75 Å². The SMILES string of the molecule is C[C@@H]1O[C@@H](NC(=O)[C@@H]2CCCC[C@@H]2NC(=O)c2cccc(O)c2)[C@@H](O)[C@H](O)[C@@H]1O. The number of rotatable bonds is 4. The van der Waals surface area contributed by atoms with E-state index in [1.165, 1.54) is 19.1 Å². The number of amides is 2. The molecule has 1 aromatic carbocycles. The van der Waals surface area contributed by atoms with Gasteiger partial charge < -0.3 is 35.8 Å². The number of nitrogens with one attached hydrogen (secondary N) is 2. The van der Waals surface area contributed by atoms with E-state index in [2.05, 4.69) is 10.6 Å². The zero-order chi connectivity index (χ0) is 21.1. The van der Waals surface area contributed by atoms with Crippen molar-refractivity contribution in [1.82, 2.24) is 10.6 Å². The number of benzene rings is 1. The number of carbonyl (C=O) groups excluding carboxylic acids is 2. The second-order valence-electron chi connectivity index (χ2n) is 7.76. The lowest BCUT2D eigenvalue weighted by atomic mass is 9.83. The van der Waals surface area contributed by atoms with Gasteiger partial charge in [-0.1, -0.05) is 18.9 Å². The maximum atomic E-state index is 12.9. The van der Waals surface area contributed by atoms with Crippen molar-refractivity contribution in [2.75, 3.05) is 0 Å². The highest BCUT2D eigenvalue weighted by molar-refractivity contribution is 5.95. The van der Waals surface area contributed by atoms with Crippen LogP contribution in [0, 0.1) is 5.92 Å². The number of carbonyl (C=O) groups is 2. The molecule has 1 aliphatic carbocycles. The lowest BCUT2D eigenvalue weighted by molar-refractivity contribution is -0.225. The van der Waals surface area contributed by atoms with Gasteiger partial charge in [-0.2, -0.15) is 0 Å². The summed E-state index contributed by atoms with van der Waals surface area (Å²) in [6, 6.07) is 5.56. The Kier molecular flexibility index (Phi) is 6.74. The molecule has 0 bridgehead atoms. The minimum absolute atomic E-state index is 0.0195. The van der Waals surface area contributed by atoms with Gasteiger partial charge in [0, 0.05) is 11.6 Å². The van der Waals surface area contributed by atoms with Gasteiger partial charge >= 0.3 is 0 Å². The molecule has 1 saturated carbocycles. The lowest BCUT2D eigenvalue weighted by Crippen LogP contribution is -2.63. The van der Waals surface area contributed by atoms with Gasteiger partial charge in [0.2, 0.25) is 5.91 Å². The number of ether oxygens (including phenoxy) is 1. The minimum atomic E-state index is -1.46. The number of phenolic OH excluding ortho intramolecular Hbond substituents is 1.